The summed E-state index contributed by atoms with van der Waals surface area (Å²) in [6.45, 7) is 0. The molecule has 1 heterocycles. The van der Waals surface area contributed by atoms with Gasteiger partial charge < -0.3 is 15.2 Å². The average Bonchev–Trinajstić information content (AvgIpc) is 3.12. The Morgan fingerprint density at radius 2 is 1.97 bits per heavy atom. The number of hydrogen-bond acceptors (Lipinski definition) is 4. The summed E-state index contributed by atoms with van der Waals surface area (Å²) in [5, 5.41) is 16.5. The molecular weight excluding hydrogens is 436 g/mol. The van der Waals surface area contributed by atoms with Crippen LogP contribution in [-0.2, 0) is 4.79 Å². The molecule has 7 nitrogen and oxygen atoms in total. The van der Waals surface area contributed by atoms with Crippen molar-refractivity contribution in [2.45, 2.75) is 12.5 Å². The monoisotopic (exact) mass is 451 g/mol. The molecule has 3 rings (SSSR count). The topological polar surface area (TPSA) is 93.4 Å². The van der Waals surface area contributed by atoms with Gasteiger partial charge in [-0.1, -0.05) is 41.4 Å². The molecule has 2 N–H and O–H groups in total. The number of amides is 1. The van der Waals surface area contributed by atoms with Crippen LogP contribution in [0.25, 0.3) is 5.69 Å². The van der Waals surface area contributed by atoms with E-state index < -0.39 is 30.2 Å². The summed E-state index contributed by atoms with van der Waals surface area (Å²) >= 11 is 12.1. The number of carbonyl (C=O) groups excluding carboxylic acids is 1. The van der Waals surface area contributed by atoms with Crippen molar-refractivity contribution in [1.82, 2.24) is 15.1 Å². The van der Waals surface area contributed by atoms with Gasteiger partial charge in [-0.15, -0.1) is 0 Å². The van der Waals surface area contributed by atoms with Crippen molar-refractivity contribution in [3.63, 3.8) is 0 Å². The van der Waals surface area contributed by atoms with Crippen molar-refractivity contribution in [3.05, 3.63) is 75.7 Å². The molecule has 0 bridgehead atoms. The van der Waals surface area contributed by atoms with Gasteiger partial charge in [0.2, 0.25) is 5.88 Å². The molecule has 0 radical (unpaired) electrons. The summed E-state index contributed by atoms with van der Waals surface area (Å²) in [5.41, 5.74) is 0.393. The number of hydrogen-bond donors (Lipinski definition) is 2. The molecule has 1 aromatic heterocycles. The largest absolute Gasteiger partial charge is 0.481 e. The molecule has 0 aliphatic heterocycles. The molecule has 0 aliphatic rings. The fourth-order valence-electron chi connectivity index (χ4n) is 2.85. The molecule has 30 heavy (non-hydrogen) atoms. The zero-order chi connectivity index (χ0) is 21.8. The van der Waals surface area contributed by atoms with E-state index in [1.165, 1.54) is 43.5 Å². The number of aliphatic carboxylic acids is 1. The van der Waals surface area contributed by atoms with Crippen LogP contribution in [0.2, 0.25) is 10.0 Å². The van der Waals surface area contributed by atoms with Gasteiger partial charge in [0.25, 0.3) is 5.91 Å². The third-order valence-electron chi connectivity index (χ3n) is 4.22. The van der Waals surface area contributed by atoms with Gasteiger partial charge in [-0.05, 0) is 29.8 Å². The summed E-state index contributed by atoms with van der Waals surface area (Å²) in [6.07, 6.45) is -0.418. The third kappa shape index (κ3) is 4.72. The third-order valence-corrected chi connectivity index (χ3v) is 4.78. The quantitative estimate of drug-likeness (QED) is 0.559. The number of nitrogens with zero attached hydrogens (tertiary/aromatic N) is 2. The number of carboxylic acid groups (broad SMARTS) is 1. The smallest absolute Gasteiger partial charge is 0.305 e. The predicted molar refractivity (Wildman–Crippen MR) is 109 cm³/mol. The lowest BCUT2D eigenvalue weighted by Gasteiger charge is -2.18. The number of halogens is 3. The second kappa shape index (κ2) is 9.15. The zero-order valence-electron chi connectivity index (χ0n) is 15.6. The van der Waals surface area contributed by atoms with Gasteiger partial charge >= 0.3 is 5.97 Å². The maximum atomic E-state index is 14.1. The summed E-state index contributed by atoms with van der Waals surface area (Å²) in [5.74, 6) is -2.24. The number of ether oxygens (including phenoxy) is 1. The highest BCUT2D eigenvalue weighted by atomic mass is 35.5. The minimum Gasteiger partial charge on any atom is -0.481 e. The predicted octanol–water partition coefficient (Wildman–Crippen LogP) is 4.27. The maximum Gasteiger partial charge on any atom is 0.305 e. The van der Waals surface area contributed by atoms with Gasteiger partial charge in [0.1, 0.15) is 11.5 Å². The Morgan fingerprint density at radius 1 is 1.23 bits per heavy atom. The Balaban J connectivity index is 1.93. The second-order valence-corrected chi connectivity index (χ2v) is 7.07. The lowest BCUT2D eigenvalue weighted by Crippen LogP contribution is -2.30. The fourth-order valence-corrected chi connectivity index (χ4v) is 3.39. The number of carboxylic acids is 1. The van der Waals surface area contributed by atoms with E-state index in [-0.39, 0.29) is 22.3 Å². The van der Waals surface area contributed by atoms with Gasteiger partial charge in [-0.2, -0.15) is 9.78 Å². The molecule has 3 aromatic rings. The molecule has 0 fully saturated rings. The molecule has 156 valence electrons. The first kappa shape index (κ1) is 21.6. The van der Waals surface area contributed by atoms with Crippen LogP contribution in [0, 0.1) is 5.82 Å². The van der Waals surface area contributed by atoms with E-state index in [0.29, 0.717) is 10.6 Å². The lowest BCUT2D eigenvalue weighted by atomic mass is 10.0. The Bertz CT molecular complexity index is 1100. The highest BCUT2D eigenvalue weighted by Crippen LogP contribution is 2.29. The lowest BCUT2D eigenvalue weighted by molar-refractivity contribution is -0.137. The summed E-state index contributed by atoms with van der Waals surface area (Å²) in [7, 11) is 1.36. The zero-order valence-corrected chi connectivity index (χ0v) is 17.1. The second-order valence-electron chi connectivity index (χ2n) is 6.22. The fraction of sp³-hybridized carbons (Fsp3) is 0.150. The number of aromatic nitrogens is 2. The first-order chi connectivity index (χ1) is 14.3. The van der Waals surface area contributed by atoms with Crippen molar-refractivity contribution in [2.75, 3.05) is 7.11 Å². The molecule has 10 heteroatoms. The van der Waals surface area contributed by atoms with E-state index in [9.17, 15) is 19.1 Å². The van der Waals surface area contributed by atoms with Gasteiger partial charge in [-0.3, -0.25) is 9.59 Å². The van der Waals surface area contributed by atoms with Crippen molar-refractivity contribution in [2.24, 2.45) is 0 Å². The normalized spacial score (nSPS) is 11.7. The van der Waals surface area contributed by atoms with Gasteiger partial charge in [-0.25, -0.2) is 4.39 Å². The molecule has 0 unspecified atom stereocenters. The summed E-state index contributed by atoms with van der Waals surface area (Å²) < 4.78 is 20.5. The average molecular weight is 452 g/mol. The first-order valence-electron chi connectivity index (χ1n) is 8.66. The van der Waals surface area contributed by atoms with Crippen LogP contribution in [0.3, 0.4) is 0 Å². The Hall–Kier alpha value is -3.10. The highest BCUT2D eigenvalue weighted by molar-refractivity contribution is 6.35. The van der Waals surface area contributed by atoms with Crippen LogP contribution >= 0.6 is 23.2 Å². The maximum absolute atomic E-state index is 14.1. The molecular formula is C20H16Cl2FN3O4. The summed E-state index contributed by atoms with van der Waals surface area (Å²) in [6, 6.07) is 10.8. The van der Waals surface area contributed by atoms with Crippen LogP contribution < -0.4 is 10.1 Å². The van der Waals surface area contributed by atoms with Crippen molar-refractivity contribution in [1.29, 1.82) is 0 Å². The SMILES string of the molecule is COc1cc(C(=O)N[C@@H](CC(=O)O)c2ccc(Cl)cc2Cl)nn1-c1ccccc1F. The van der Waals surface area contributed by atoms with E-state index in [0.717, 1.165) is 4.68 Å². The van der Waals surface area contributed by atoms with E-state index in [4.69, 9.17) is 27.9 Å². The standard InChI is InChI=1S/C20H16Cl2FN3O4/c1-30-18-9-16(25-26(18)17-5-3-2-4-14(17)23)20(29)24-15(10-19(27)28)12-7-6-11(21)8-13(12)22/h2-9,15H,10H2,1H3,(H,24,29)(H,27,28)/t15-/m0/s1. The number of para-hydroxylation sites is 1. The molecule has 0 spiro atoms. The van der Waals surface area contributed by atoms with Crippen LogP contribution in [0.5, 0.6) is 5.88 Å². The van der Waals surface area contributed by atoms with E-state index in [1.54, 1.807) is 12.1 Å². The van der Waals surface area contributed by atoms with Crippen LogP contribution in [0.1, 0.15) is 28.5 Å². The molecule has 2 aromatic carbocycles. The van der Waals surface area contributed by atoms with Crippen molar-refractivity contribution < 1.29 is 23.8 Å². The van der Waals surface area contributed by atoms with Gasteiger partial charge in [0.15, 0.2) is 5.69 Å². The van der Waals surface area contributed by atoms with Gasteiger partial charge in [0.05, 0.1) is 19.6 Å². The minimum absolute atomic E-state index is 0.0874. The van der Waals surface area contributed by atoms with Crippen molar-refractivity contribution >= 4 is 35.1 Å². The summed E-state index contributed by atoms with van der Waals surface area (Å²) in [4.78, 5) is 24.1. The van der Waals surface area contributed by atoms with Crippen LogP contribution in [0.15, 0.2) is 48.5 Å². The van der Waals surface area contributed by atoms with E-state index in [1.807, 2.05) is 0 Å². The molecule has 0 aliphatic carbocycles. The molecule has 1 amide bonds. The Morgan fingerprint density at radius 3 is 2.60 bits per heavy atom. The Labute approximate surface area is 181 Å². The Kier molecular flexibility index (Phi) is 6.59. The van der Waals surface area contributed by atoms with E-state index in [2.05, 4.69) is 10.4 Å². The van der Waals surface area contributed by atoms with Gasteiger partial charge in [0, 0.05) is 16.1 Å². The number of nitrogens with one attached hydrogen (secondary N) is 1. The van der Waals surface area contributed by atoms with Crippen LogP contribution in [-0.4, -0.2) is 33.9 Å². The van der Waals surface area contributed by atoms with Crippen LogP contribution in [0.4, 0.5) is 4.39 Å². The highest BCUT2D eigenvalue weighted by Gasteiger charge is 2.24. The number of carbonyl (C=O) groups is 2. The number of rotatable bonds is 7. The molecule has 0 saturated carbocycles. The number of methoxy groups -OCH3 is 1. The molecule has 1 atom stereocenters. The number of benzene rings is 2. The minimum atomic E-state index is -1.14. The van der Waals surface area contributed by atoms with Crippen molar-refractivity contribution in [3.8, 4) is 11.6 Å². The van der Waals surface area contributed by atoms with E-state index >= 15 is 0 Å². The molecule has 0 saturated heterocycles. The first-order valence-corrected chi connectivity index (χ1v) is 9.42.